The van der Waals surface area contributed by atoms with Gasteiger partial charge in [-0.2, -0.15) is 0 Å². The van der Waals surface area contributed by atoms with Crippen molar-refractivity contribution in [3.8, 4) is 22.3 Å². The van der Waals surface area contributed by atoms with E-state index in [1.807, 2.05) is 66.7 Å². The maximum Gasteiger partial charge on any atom is 0.407 e. The smallest absolute Gasteiger partial charge is 0.407 e. The molecule has 5 atom stereocenters. The van der Waals surface area contributed by atoms with Gasteiger partial charge in [-0.25, -0.2) is 9.59 Å². The standard InChI is InChI=1S/C45H53N5O9/c1-29(41(53)40(52)25-47-42(54)32-19-17-31(18-20-32)30-11-5-4-6-12-30)23-34(51)24-45(2,43(55)57-3)59-27-33-26-50(49-48-33)22-21-46-44(56)58-28-39-37-15-9-7-13-35(37)36-14-8-10-16-38(36)39/h4-20,26,29,34,39-41,48-49,51-53H,21-25,27-28H2,1-3H3,(H,46,56)(H,47,54)/t29?,34?,40?,41-,45?/m1/s1. The maximum atomic E-state index is 12.9. The molecule has 14 nitrogen and oxygen atoms in total. The maximum absolute atomic E-state index is 12.9. The average Bonchev–Trinajstić information content (AvgIpc) is 3.85. The zero-order valence-corrected chi connectivity index (χ0v) is 33.5. The Kier molecular flexibility index (Phi) is 14.4. The molecule has 4 aromatic rings. The van der Waals surface area contributed by atoms with Crippen LogP contribution in [0.4, 0.5) is 4.79 Å². The van der Waals surface area contributed by atoms with E-state index < -0.39 is 47.8 Å². The number of nitrogens with one attached hydrogen (secondary N) is 4. The summed E-state index contributed by atoms with van der Waals surface area (Å²) in [6.45, 7) is 3.79. The SMILES string of the molecule is COC(=O)C(C)(CC(O)CC(C)[C@@H](O)C(O)CNC(=O)c1ccc(-c2ccccc2)cc1)OCC1=CN(CCNC(=O)OCC2c3ccccc3-c3ccccc32)NN1. The first-order valence-corrected chi connectivity index (χ1v) is 19.7. The molecule has 2 amide bonds. The van der Waals surface area contributed by atoms with E-state index in [0.717, 1.165) is 33.4 Å². The molecule has 1 aliphatic heterocycles. The third-order valence-electron chi connectivity index (χ3n) is 10.8. The number of alkyl carbamates (subject to hydrolysis) is 1. The molecule has 4 unspecified atom stereocenters. The number of carbonyl (C=O) groups is 3. The minimum Gasteiger partial charge on any atom is -0.467 e. The first kappa shape index (κ1) is 42.8. The summed E-state index contributed by atoms with van der Waals surface area (Å²) < 4.78 is 16.6. The van der Waals surface area contributed by atoms with Gasteiger partial charge in [-0.15, -0.1) is 5.53 Å². The fraction of sp³-hybridized carbons (Fsp3) is 0.356. The number of aliphatic hydroxyl groups excluding tert-OH is 3. The first-order valence-electron chi connectivity index (χ1n) is 19.7. The fourth-order valence-corrected chi connectivity index (χ4v) is 7.52. The lowest BCUT2D eigenvalue weighted by Gasteiger charge is -2.31. The number of methoxy groups -OCH3 is 1. The Morgan fingerprint density at radius 2 is 1.47 bits per heavy atom. The molecule has 4 aromatic carbocycles. The second-order valence-corrected chi connectivity index (χ2v) is 15.1. The van der Waals surface area contributed by atoms with E-state index in [2.05, 4.69) is 45.9 Å². The van der Waals surface area contributed by atoms with Crippen molar-refractivity contribution in [3.05, 3.63) is 132 Å². The van der Waals surface area contributed by atoms with Crippen LogP contribution in [-0.2, 0) is 19.0 Å². The topological polar surface area (TPSA) is 191 Å². The summed E-state index contributed by atoms with van der Waals surface area (Å²) in [5.74, 6) is -1.74. The molecular weight excluding hydrogens is 755 g/mol. The highest BCUT2D eigenvalue weighted by Crippen LogP contribution is 2.44. The molecule has 59 heavy (non-hydrogen) atoms. The minimum absolute atomic E-state index is 0.0238. The van der Waals surface area contributed by atoms with Gasteiger partial charge >= 0.3 is 12.1 Å². The van der Waals surface area contributed by atoms with Crippen LogP contribution in [0.15, 0.2) is 115 Å². The van der Waals surface area contributed by atoms with E-state index in [0.29, 0.717) is 17.8 Å². The van der Waals surface area contributed by atoms with Gasteiger partial charge in [0.05, 0.1) is 44.3 Å². The third kappa shape index (κ3) is 10.8. The van der Waals surface area contributed by atoms with Gasteiger partial charge in [-0.05, 0) is 64.8 Å². The Bertz CT molecular complexity index is 2040. The molecule has 0 bridgehead atoms. The molecule has 0 saturated heterocycles. The Hall–Kier alpha value is -5.77. The van der Waals surface area contributed by atoms with Crippen molar-refractivity contribution in [2.45, 2.75) is 56.5 Å². The average molecular weight is 808 g/mol. The van der Waals surface area contributed by atoms with Crippen molar-refractivity contribution < 1.29 is 43.9 Å². The number of fused-ring (bicyclic) bond motifs is 3. The van der Waals surface area contributed by atoms with Crippen molar-refractivity contribution in [2.24, 2.45) is 5.92 Å². The molecule has 6 rings (SSSR count). The van der Waals surface area contributed by atoms with Gasteiger partial charge in [-0.3, -0.25) is 9.80 Å². The molecule has 2 aliphatic rings. The highest BCUT2D eigenvalue weighted by atomic mass is 16.6. The molecule has 0 spiro atoms. The predicted octanol–water partition coefficient (Wildman–Crippen LogP) is 4.24. The van der Waals surface area contributed by atoms with Gasteiger partial charge < -0.3 is 45.6 Å². The number of carbonyl (C=O) groups excluding carboxylic acids is 3. The lowest BCUT2D eigenvalue weighted by Crippen LogP contribution is -2.45. The van der Waals surface area contributed by atoms with E-state index in [1.165, 1.54) is 14.0 Å². The molecule has 1 aliphatic carbocycles. The third-order valence-corrected chi connectivity index (χ3v) is 10.8. The van der Waals surface area contributed by atoms with Crippen LogP contribution in [0.1, 0.15) is 54.1 Å². The van der Waals surface area contributed by atoms with Crippen molar-refractivity contribution >= 4 is 18.0 Å². The van der Waals surface area contributed by atoms with Crippen LogP contribution >= 0.6 is 0 Å². The first-order chi connectivity index (χ1) is 28.5. The largest absolute Gasteiger partial charge is 0.467 e. The molecule has 0 radical (unpaired) electrons. The summed E-state index contributed by atoms with van der Waals surface area (Å²) >= 11 is 0. The van der Waals surface area contributed by atoms with Crippen LogP contribution in [0.3, 0.4) is 0 Å². The number of hydrogen-bond acceptors (Lipinski definition) is 12. The summed E-state index contributed by atoms with van der Waals surface area (Å²) in [6, 6.07) is 33.1. The molecule has 0 aromatic heterocycles. The van der Waals surface area contributed by atoms with E-state index in [4.69, 9.17) is 14.2 Å². The molecule has 1 heterocycles. The van der Waals surface area contributed by atoms with E-state index >= 15 is 0 Å². The monoisotopic (exact) mass is 807 g/mol. The van der Waals surface area contributed by atoms with Crippen molar-refractivity contribution in [1.82, 2.24) is 26.6 Å². The predicted molar refractivity (Wildman–Crippen MR) is 221 cm³/mol. The Balaban J connectivity index is 0.907. The van der Waals surface area contributed by atoms with E-state index in [-0.39, 0.29) is 45.1 Å². The number of amides is 2. The lowest BCUT2D eigenvalue weighted by atomic mass is 9.88. The number of esters is 1. The van der Waals surface area contributed by atoms with Crippen molar-refractivity contribution in [2.75, 3.05) is 40.0 Å². The fourth-order valence-electron chi connectivity index (χ4n) is 7.52. The highest BCUT2D eigenvalue weighted by Gasteiger charge is 2.39. The lowest BCUT2D eigenvalue weighted by molar-refractivity contribution is -0.170. The molecular formula is C45H53N5O9. The number of hydrogen-bond donors (Lipinski definition) is 7. The van der Waals surface area contributed by atoms with Gasteiger partial charge in [0.2, 0.25) is 0 Å². The van der Waals surface area contributed by atoms with Gasteiger partial charge in [0.1, 0.15) is 6.61 Å². The molecule has 14 heteroatoms. The van der Waals surface area contributed by atoms with Gasteiger partial charge in [0.25, 0.3) is 5.91 Å². The van der Waals surface area contributed by atoms with Gasteiger partial charge in [0.15, 0.2) is 5.60 Å². The van der Waals surface area contributed by atoms with Crippen LogP contribution in [0.5, 0.6) is 0 Å². The zero-order valence-electron chi connectivity index (χ0n) is 33.5. The zero-order chi connectivity index (χ0) is 41.9. The molecule has 312 valence electrons. The Morgan fingerprint density at radius 3 is 2.14 bits per heavy atom. The number of rotatable bonds is 19. The number of aliphatic hydroxyl groups is 3. The van der Waals surface area contributed by atoms with Crippen LogP contribution in [0.2, 0.25) is 0 Å². The summed E-state index contributed by atoms with van der Waals surface area (Å²) in [5, 5.41) is 39.7. The molecule has 0 saturated carbocycles. The molecule has 7 N–H and O–H groups in total. The quantitative estimate of drug-likeness (QED) is 0.0669. The summed E-state index contributed by atoms with van der Waals surface area (Å²) in [5.41, 5.74) is 11.9. The van der Waals surface area contributed by atoms with Gasteiger partial charge in [0, 0.05) is 37.2 Å². The van der Waals surface area contributed by atoms with Crippen LogP contribution in [-0.4, -0.2) is 102 Å². The van der Waals surface area contributed by atoms with Crippen LogP contribution in [0, 0.1) is 5.92 Å². The minimum atomic E-state index is -1.55. The second kappa shape index (κ2) is 19.8. The number of benzene rings is 4. The Labute approximate surface area is 344 Å². The number of hydrazine groups is 2. The second-order valence-electron chi connectivity index (χ2n) is 15.1. The Morgan fingerprint density at radius 1 is 0.847 bits per heavy atom. The van der Waals surface area contributed by atoms with Crippen LogP contribution < -0.4 is 21.6 Å². The van der Waals surface area contributed by atoms with Gasteiger partial charge in [-0.1, -0.05) is 97.9 Å². The summed E-state index contributed by atoms with van der Waals surface area (Å²) in [4.78, 5) is 38.2. The highest BCUT2D eigenvalue weighted by molar-refractivity contribution is 5.94. The number of ether oxygens (including phenoxy) is 3. The normalized spacial score (nSPS) is 16.3. The van der Waals surface area contributed by atoms with E-state index in [1.54, 1.807) is 30.3 Å². The van der Waals surface area contributed by atoms with Crippen molar-refractivity contribution in [1.29, 1.82) is 0 Å². The van der Waals surface area contributed by atoms with Crippen LogP contribution in [0.25, 0.3) is 22.3 Å². The van der Waals surface area contributed by atoms with E-state index in [9.17, 15) is 29.7 Å². The summed E-state index contributed by atoms with van der Waals surface area (Å²) in [6.07, 6.45) is -2.63. The van der Waals surface area contributed by atoms with Crippen molar-refractivity contribution in [3.63, 3.8) is 0 Å². The summed E-state index contributed by atoms with van der Waals surface area (Å²) in [7, 11) is 1.23. The number of nitrogens with zero attached hydrogens (tertiary/aromatic N) is 1. The molecule has 0 fully saturated rings.